The zero-order valence-electron chi connectivity index (χ0n) is 20.8. The van der Waals surface area contributed by atoms with Gasteiger partial charge in [-0.15, -0.1) is 10.2 Å². The molecule has 12 heteroatoms. The molecule has 0 unspecified atom stereocenters. The summed E-state index contributed by atoms with van der Waals surface area (Å²) in [5, 5.41) is 23.7. The molecule has 0 spiro atoms. The third-order valence-electron chi connectivity index (χ3n) is 5.80. The minimum absolute atomic E-state index is 0.0855. The Morgan fingerprint density at radius 2 is 1.72 bits per heavy atom. The third kappa shape index (κ3) is 5.99. The summed E-state index contributed by atoms with van der Waals surface area (Å²) in [6.07, 6.45) is 0.285. The molecule has 1 amide bonds. The number of benzene rings is 4. The van der Waals surface area contributed by atoms with Crippen LogP contribution in [-0.2, 0) is 16.5 Å². The van der Waals surface area contributed by atoms with Gasteiger partial charge < -0.3 is 15.2 Å². The van der Waals surface area contributed by atoms with Crippen molar-refractivity contribution < 1.29 is 27.6 Å². The molecule has 0 saturated carbocycles. The Balaban J connectivity index is 1.87. The van der Waals surface area contributed by atoms with E-state index in [4.69, 9.17) is 27.9 Å². The van der Waals surface area contributed by atoms with E-state index in [0.29, 0.717) is 39.4 Å². The summed E-state index contributed by atoms with van der Waals surface area (Å²) in [5.74, 6) is -0.779. The van der Waals surface area contributed by atoms with E-state index in [1.165, 1.54) is 18.2 Å². The van der Waals surface area contributed by atoms with Gasteiger partial charge in [0.25, 0.3) is 16.0 Å². The lowest BCUT2D eigenvalue weighted by atomic mass is 10.0. The van der Waals surface area contributed by atoms with Crippen molar-refractivity contribution in [2.75, 3.05) is 11.9 Å². The maximum absolute atomic E-state index is 13.3. The highest BCUT2D eigenvalue weighted by molar-refractivity contribution is 7.86. The average molecular weight is 588 g/mol. The van der Waals surface area contributed by atoms with Crippen LogP contribution in [0.25, 0.3) is 10.8 Å². The molecule has 0 radical (unpaired) electrons. The standard InChI is InChI=1S/C27H23Cl2N3O6S/c1-3-17-20(29)10-12-23(39(35,36)37)24(17)31-32-25-18-8-6-5-7-15(18)13-19(26(25)33)27(34)30-21-14-16(28)9-11-22(21)38-4-2/h5-14,33H,3-4H2,1-2H3,(H,30,34)(H,35,36,37). The highest BCUT2D eigenvalue weighted by Gasteiger charge is 2.23. The number of ether oxygens (including phenoxy) is 1. The molecule has 0 bridgehead atoms. The highest BCUT2D eigenvalue weighted by Crippen LogP contribution is 2.42. The molecule has 0 fully saturated rings. The summed E-state index contributed by atoms with van der Waals surface area (Å²) < 4.78 is 39.4. The molecule has 4 aromatic rings. The molecule has 3 N–H and O–H groups in total. The summed E-state index contributed by atoms with van der Waals surface area (Å²) in [6, 6.07) is 15.5. The van der Waals surface area contributed by atoms with E-state index in [1.54, 1.807) is 50.2 Å². The van der Waals surface area contributed by atoms with Gasteiger partial charge in [-0.2, -0.15) is 8.42 Å². The number of amides is 1. The summed E-state index contributed by atoms with van der Waals surface area (Å²) in [5.41, 5.74) is 0.248. The lowest BCUT2D eigenvalue weighted by Gasteiger charge is -2.14. The largest absolute Gasteiger partial charge is 0.505 e. The van der Waals surface area contributed by atoms with Crippen molar-refractivity contribution in [3.63, 3.8) is 0 Å². The normalized spacial score (nSPS) is 11.7. The molecule has 202 valence electrons. The third-order valence-corrected chi connectivity index (χ3v) is 7.27. The maximum Gasteiger partial charge on any atom is 0.296 e. The summed E-state index contributed by atoms with van der Waals surface area (Å²) in [7, 11) is -4.67. The fourth-order valence-electron chi connectivity index (χ4n) is 4.01. The van der Waals surface area contributed by atoms with Crippen molar-refractivity contribution in [3.05, 3.63) is 81.8 Å². The number of rotatable bonds is 8. The molecule has 0 saturated heterocycles. The number of phenolic OH excluding ortho intramolecular Hbond substituents is 1. The maximum atomic E-state index is 13.3. The monoisotopic (exact) mass is 587 g/mol. The molecule has 0 atom stereocenters. The van der Waals surface area contributed by atoms with Crippen molar-refractivity contribution in [3.8, 4) is 11.5 Å². The molecular formula is C27H23Cl2N3O6S. The molecule has 0 aliphatic heterocycles. The predicted octanol–water partition coefficient (Wildman–Crippen LogP) is 7.73. The summed E-state index contributed by atoms with van der Waals surface area (Å²) in [4.78, 5) is 12.8. The van der Waals surface area contributed by atoms with Gasteiger partial charge in [0.1, 0.15) is 22.0 Å². The Labute approximate surface area is 234 Å². The molecule has 4 aromatic carbocycles. The summed E-state index contributed by atoms with van der Waals surface area (Å²) >= 11 is 12.4. The first kappa shape index (κ1) is 28.3. The first-order valence-electron chi connectivity index (χ1n) is 11.7. The minimum atomic E-state index is -4.67. The van der Waals surface area contributed by atoms with Gasteiger partial charge in [-0.25, -0.2) is 0 Å². The van der Waals surface area contributed by atoms with Crippen LogP contribution in [0.1, 0.15) is 29.8 Å². The van der Waals surface area contributed by atoms with E-state index in [-0.39, 0.29) is 28.4 Å². The van der Waals surface area contributed by atoms with E-state index in [1.807, 2.05) is 0 Å². The van der Waals surface area contributed by atoms with Gasteiger partial charge in [-0.05, 0) is 60.7 Å². The quantitative estimate of drug-likeness (QED) is 0.142. The van der Waals surface area contributed by atoms with Gasteiger partial charge in [0, 0.05) is 15.4 Å². The van der Waals surface area contributed by atoms with Gasteiger partial charge in [0.2, 0.25) is 0 Å². The second-order valence-electron chi connectivity index (χ2n) is 8.27. The number of halogens is 2. The van der Waals surface area contributed by atoms with Crippen LogP contribution in [-0.4, -0.2) is 30.6 Å². The van der Waals surface area contributed by atoms with Gasteiger partial charge in [0.15, 0.2) is 5.75 Å². The van der Waals surface area contributed by atoms with E-state index in [2.05, 4.69) is 15.5 Å². The Morgan fingerprint density at radius 1 is 1.00 bits per heavy atom. The smallest absolute Gasteiger partial charge is 0.296 e. The van der Waals surface area contributed by atoms with Crippen LogP contribution < -0.4 is 10.1 Å². The molecule has 0 aliphatic carbocycles. The number of nitrogens with zero attached hydrogens (tertiary/aromatic N) is 2. The molecule has 0 aromatic heterocycles. The van der Waals surface area contributed by atoms with Crippen LogP contribution in [0.4, 0.5) is 17.1 Å². The number of carbonyl (C=O) groups excluding carboxylic acids is 1. The Morgan fingerprint density at radius 3 is 2.41 bits per heavy atom. The van der Waals surface area contributed by atoms with E-state index in [0.717, 1.165) is 6.07 Å². The van der Waals surface area contributed by atoms with Crippen molar-refractivity contribution in [2.45, 2.75) is 25.2 Å². The minimum Gasteiger partial charge on any atom is -0.505 e. The van der Waals surface area contributed by atoms with E-state index in [9.17, 15) is 22.9 Å². The van der Waals surface area contributed by atoms with Crippen molar-refractivity contribution in [1.82, 2.24) is 0 Å². The number of azo groups is 1. The molecule has 0 heterocycles. The van der Waals surface area contributed by atoms with E-state index >= 15 is 0 Å². The molecule has 0 aliphatic rings. The number of fused-ring (bicyclic) bond motifs is 1. The molecular weight excluding hydrogens is 565 g/mol. The van der Waals surface area contributed by atoms with Crippen LogP contribution in [0, 0.1) is 0 Å². The second-order valence-corrected chi connectivity index (χ2v) is 10.5. The molecule has 9 nitrogen and oxygen atoms in total. The zero-order chi connectivity index (χ0) is 28.3. The van der Waals surface area contributed by atoms with Gasteiger partial charge in [-0.3, -0.25) is 9.35 Å². The molecule has 39 heavy (non-hydrogen) atoms. The Bertz CT molecular complexity index is 1720. The summed E-state index contributed by atoms with van der Waals surface area (Å²) in [6.45, 7) is 3.88. The highest BCUT2D eigenvalue weighted by atomic mass is 35.5. The van der Waals surface area contributed by atoms with Crippen molar-refractivity contribution in [2.24, 2.45) is 10.2 Å². The first-order chi connectivity index (χ1) is 18.5. The lowest BCUT2D eigenvalue weighted by molar-refractivity contribution is 0.102. The number of nitrogens with one attached hydrogen (secondary N) is 1. The van der Waals surface area contributed by atoms with Crippen molar-refractivity contribution >= 4 is 67.1 Å². The average Bonchev–Trinajstić information content (AvgIpc) is 2.88. The fourth-order valence-corrected chi connectivity index (χ4v) is 5.11. The topological polar surface area (TPSA) is 138 Å². The Kier molecular flexibility index (Phi) is 8.41. The Hall–Kier alpha value is -3.70. The van der Waals surface area contributed by atoms with Crippen LogP contribution in [0.2, 0.25) is 10.0 Å². The van der Waals surface area contributed by atoms with Gasteiger partial charge >= 0.3 is 0 Å². The second kappa shape index (κ2) is 11.6. The van der Waals surface area contributed by atoms with Crippen LogP contribution in [0.5, 0.6) is 11.5 Å². The number of hydrogen-bond acceptors (Lipinski definition) is 7. The number of aromatic hydroxyl groups is 1. The van der Waals surface area contributed by atoms with Crippen LogP contribution in [0.15, 0.2) is 75.8 Å². The number of anilines is 1. The number of carbonyl (C=O) groups is 1. The molecule has 4 rings (SSSR count). The van der Waals surface area contributed by atoms with Crippen molar-refractivity contribution in [1.29, 1.82) is 0 Å². The number of hydrogen-bond donors (Lipinski definition) is 3. The fraction of sp³-hybridized carbons (Fsp3) is 0.148. The zero-order valence-corrected chi connectivity index (χ0v) is 23.1. The first-order valence-corrected chi connectivity index (χ1v) is 13.9. The van der Waals surface area contributed by atoms with Gasteiger partial charge in [0.05, 0.1) is 17.9 Å². The van der Waals surface area contributed by atoms with E-state index < -0.39 is 26.7 Å². The van der Waals surface area contributed by atoms with Crippen LogP contribution in [0.3, 0.4) is 0 Å². The number of phenols is 1. The lowest BCUT2D eigenvalue weighted by Crippen LogP contribution is -2.13. The SMILES string of the molecule is CCOc1ccc(Cl)cc1NC(=O)c1cc2ccccc2c(N=Nc2c(S(=O)(=O)O)ccc(Cl)c2CC)c1O. The predicted molar refractivity (Wildman–Crippen MR) is 151 cm³/mol. The van der Waals surface area contributed by atoms with Gasteiger partial charge in [-0.1, -0.05) is 54.4 Å². The van der Waals surface area contributed by atoms with Crippen LogP contribution >= 0.6 is 23.2 Å².